The number of rotatable bonds is 4. The van der Waals surface area contributed by atoms with Gasteiger partial charge in [0.25, 0.3) is 0 Å². The summed E-state index contributed by atoms with van der Waals surface area (Å²) in [6.45, 7) is 0.870. The molecule has 1 aliphatic carbocycles. The van der Waals surface area contributed by atoms with E-state index in [-0.39, 0.29) is 11.4 Å². The molecule has 20 heavy (non-hydrogen) atoms. The topological polar surface area (TPSA) is 61.8 Å². The predicted octanol–water partition coefficient (Wildman–Crippen LogP) is 2.94. The zero-order chi connectivity index (χ0) is 14.5. The molecular weight excluding hydrogens is 257 g/mol. The van der Waals surface area contributed by atoms with Crippen molar-refractivity contribution in [1.29, 1.82) is 0 Å². The van der Waals surface area contributed by atoms with Gasteiger partial charge in [-0.3, -0.25) is 0 Å². The molecule has 0 aliphatic heterocycles. The molecule has 4 nitrogen and oxygen atoms in total. The van der Waals surface area contributed by atoms with Crippen molar-refractivity contribution in [2.45, 2.75) is 32.1 Å². The Morgan fingerprint density at radius 3 is 2.75 bits per heavy atom. The molecule has 0 atom stereocenters. The average Bonchev–Trinajstić information content (AvgIpc) is 2.47. The van der Waals surface area contributed by atoms with E-state index in [9.17, 15) is 4.39 Å². The van der Waals surface area contributed by atoms with E-state index in [1.165, 1.54) is 38.2 Å². The minimum Gasteiger partial charge on any atom is -0.409 e. The first-order chi connectivity index (χ1) is 9.63. The lowest BCUT2D eigenvalue weighted by atomic mass is 9.89. The van der Waals surface area contributed by atoms with Gasteiger partial charge in [0.05, 0.1) is 11.3 Å². The van der Waals surface area contributed by atoms with Crippen LogP contribution in [0.1, 0.15) is 37.7 Å². The summed E-state index contributed by atoms with van der Waals surface area (Å²) in [7, 11) is 1.93. The molecule has 0 amide bonds. The maximum atomic E-state index is 13.9. The van der Waals surface area contributed by atoms with Crippen molar-refractivity contribution >= 4 is 11.5 Å². The van der Waals surface area contributed by atoms with Crippen molar-refractivity contribution in [2.24, 2.45) is 16.8 Å². The summed E-state index contributed by atoms with van der Waals surface area (Å²) in [6, 6.07) is 4.78. The first kappa shape index (κ1) is 14.6. The van der Waals surface area contributed by atoms with Crippen molar-refractivity contribution in [3.8, 4) is 0 Å². The van der Waals surface area contributed by atoms with Gasteiger partial charge in [0.1, 0.15) is 5.82 Å². The maximum absolute atomic E-state index is 13.9. The van der Waals surface area contributed by atoms with Crippen LogP contribution in [0.2, 0.25) is 0 Å². The number of nitrogens with zero attached hydrogens (tertiary/aromatic N) is 2. The van der Waals surface area contributed by atoms with E-state index in [0.717, 1.165) is 6.54 Å². The number of hydrogen-bond acceptors (Lipinski definition) is 3. The van der Waals surface area contributed by atoms with Crippen LogP contribution in [0.4, 0.5) is 10.1 Å². The van der Waals surface area contributed by atoms with Crippen LogP contribution in [0.25, 0.3) is 0 Å². The lowest BCUT2D eigenvalue weighted by Gasteiger charge is -2.29. The molecule has 1 fully saturated rings. The number of anilines is 1. The van der Waals surface area contributed by atoms with Crippen LogP contribution >= 0.6 is 0 Å². The fourth-order valence-corrected chi connectivity index (χ4v) is 2.99. The Bertz CT molecular complexity index is 484. The highest BCUT2D eigenvalue weighted by Crippen LogP contribution is 2.28. The molecule has 0 radical (unpaired) electrons. The van der Waals surface area contributed by atoms with Crippen LogP contribution in [0, 0.1) is 11.7 Å². The second-order valence-electron chi connectivity index (χ2n) is 5.50. The molecule has 0 bridgehead atoms. The van der Waals surface area contributed by atoms with E-state index in [1.807, 2.05) is 11.9 Å². The van der Waals surface area contributed by atoms with Crippen molar-refractivity contribution in [1.82, 2.24) is 0 Å². The largest absolute Gasteiger partial charge is 0.409 e. The third-order valence-corrected chi connectivity index (χ3v) is 4.02. The van der Waals surface area contributed by atoms with E-state index in [1.54, 1.807) is 12.1 Å². The summed E-state index contributed by atoms with van der Waals surface area (Å²) in [5.74, 6) is -0.0148. The van der Waals surface area contributed by atoms with Gasteiger partial charge in [0, 0.05) is 13.6 Å². The second kappa shape index (κ2) is 6.59. The summed E-state index contributed by atoms with van der Waals surface area (Å²) in [4.78, 5) is 2.01. The summed E-state index contributed by atoms with van der Waals surface area (Å²) in [5, 5.41) is 11.8. The third-order valence-electron chi connectivity index (χ3n) is 4.02. The fourth-order valence-electron chi connectivity index (χ4n) is 2.99. The number of nitrogens with two attached hydrogens (primary N) is 1. The Balaban J connectivity index is 2.20. The molecule has 0 saturated heterocycles. The molecule has 110 valence electrons. The van der Waals surface area contributed by atoms with Gasteiger partial charge in [-0.2, -0.15) is 0 Å². The molecule has 0 heterocycles. The van der Waals surface area contributed by atoms with E-state index in [2.05, 4.69) is 5.16 Å². The van der Waals surface area contributed by atoms with Crippen molar-refractivity contribution < 1.29 is 9.60 Å². The Labute approximate surface area is 119 Å². The van der Waals surface area contributed by atoms with Gasteiger partial charge in [-0.1, -0.05) is 30.5 Å². The zero-order valence-electron chi connectivity index (χ0n) is 11.8. The molecule has 0 unspecified atom stereocenters. The summed E-state index contributed by atoms with van der Waals surface area (Å²) >= 11 is 0. The maximum Gasteiger partial charge on any atom is 0.175 e. The van der Waals surface area contributed by atoms with Crippen molar-refractivity contribution in [3.63, 3.8) is 0 Å². The minimum absolute atomic E-state index is 0.174. The van der Waals surface area contributed by atoms with Crippen LogP contribution < -0.4 is 10.6 Å². The summed E-state index contributed by atoms with van der Waals surface area (Å²) < 4.78 is 13.9. The summed E-state index contributed by atoms with van der Waals surface area (Å²) in [5.41, 5.74) is 6.45. The Morgan fingerprint density at radius 1 is 1.40 bits per heavy atom. The highest BCUT2D eigenvalue weighted by atomic mass is 19.1. The van der Waals surface area contributed by atoms with Crippen LogP contribution in [-0.2, 0) is 0 Å². The number of amidine groups is 1. The highest BCUT2D eigenvalue weighted by Gasteiger charge is 2.20. The number of oxime groups is 1. The minimum atomic E-state index is -0.465. The van der Waals surface area contributed by atoms with Gasteiger partial charge in [-0.15, -0.1) is 0 Å². The van der Waals surface area contributed by atoms with E-state index in [0.29, 0.717) is 11.6 Å². The average molecular weight is 279 g/mol. The lowest BCUT2D eigenvalue weighted by Crippen LogP contribution is -2.29. The predicted molar refractivity (Wildman–Crippen MR) is 78.8 cm³/mol. The molecule has 1 saturated carbocycles. The highest BCUT2D eigenvalue weighted by molar-refractivity contribution is 6.02. The third kappa shape index (κ3) is 3.21. The fraction of sp³-hybridized carbons (Fsp3) is 0.533. The molecule has 0 aromatic heterocycles. The second-order valence-corrected chi connectivity index (χ2v) is 5.50. The van der Waals surface area contributed by atoms with Gasteiger partial charge in [0.15, 0.2) is 5.84 Å². The van der Waals surface area contributed by atoms with Gasteiger partial charge in [-0.25, -0.2) is 4.39 Å². The SMILES string of the molecule is CN(CC1CCCCC1)c1cccc(F)c1C(N)=NO. The Morgan fingerprint density at radius 2 is 2.10 bits per heavy atom. The van der Waals surface area contributed by atoms with Gasteiger partial charge >= 0.3 is 0 Å². The molecule has 3 N–H and O–H groups in total. The molecule has 1 aromatic carbocycles. The Hall–Kier alpha value is -1.78. The number of halogens is 1. The van der Waals surface area contributed by atoms with Crippen LogP contribution in [0.15, 0.2) is 23.4 Å². The van der Waals surface area contributed by atoms with E-state index in [4.69, 9.17) is 10.9 Å². The zero-order valence-corrected chi connectivity index (χ0v) is 11.8. The molecule has 5 heteroatoms. The molecule has 1 aliphatic rings. The Kier molecular flexibility index (Phi) is 4.82. The smallest absolute Gasteiger partial charge is 0.175 e. The molecule has 0 spiro atoms. The number of benzene rings is 1. The molecule has 1 aromatic rings. The molecular formula is C15H22FN3O. The van der Waals surface area contributed by atoms with E-state index >= 15 is 0 Å². The van der Waals surface area contributed by atoms with E-state index < -0.39 is 5.82 Å². The lowest BCUT2D eigenvalue weighted by molar-refractivity contribution is 0.318. The van der Waals surface area contributed by atoms with Crippen LogP contribution in [-0.4, -0.2) is 24.6 Å². The standard InChI is InChI=1S/C15H22FN3O/c1-19(10-11-6-3-2-4-7-11)13-9-5-8-12(16)14(13)15(17)18-20/h5,8-9,11,20H,2-4,6-7,10H2,1H3,(H2,17,18). The van der Waals surface area contributed by atoms with Gasteiger partial charge in [0.2, 0.25) is 0 Å². The van der Waals surface area contributed by atoms with Gasteiger partial charge < -0.3 is 15.8 Å². The van der Waals surface area contributed by atoms with Crippen LogP contribution in [0.5, 0.6) is 0 Å². The van der Waals surface area contributed by atoms with Gasteiger partial charge in [-0.05, 0) is 30.9 Å². The monoisotopic (exact) mass is 279 g/mol. The quantitative estimate of drug-likeness (QED) is 0.385. The van der Waals surface area contributed by atoms with Crippen LogP contribution in [0.3, 0.4) is 0 Å². The first-order valence-corrected chi connectivity index (χ1v) is 7.11. The number of hydrogen-bond donors (Lipinski definition) is 2. The normalized spacial score (nSPS) is 17.2. The van der Waals surface area contributed by atoms with Crippen molar-refractivity contribution in [2.75, 3.05) is 18.5 Å². The van der Waals surface area contributed by atoms with Crippen molar-refractivity contribution in [3.05, 3.63) is 29.6 Å². The summed E-state index contributed by atoms with van der Waals surface area (Å²) in [6.07, 6.45) is 6.30. The molecule has 2 rings (SSSR count). The first-order valence-electron chi connectivity index (χ1n) is 7.11.